The quantitative estimate of drug-likeness (QED) is 0.741. The molecule has 16 heavy (non-hydrogen) atoms. The summed E-state index contributed by atoms with van der Waals surface area (Å²) in [5.74, 6) is -1.18. The molecule has 0 aromatic heterocycles. The molecular formula is C11H7BrFNO2. The Kier molecular flexibility index (Phi) is 1.95. The molecular weight excluding hydrogens is 277 g/mol. The third-order valence-corrected chi connectivity index (χ3v) is 3.67. The van der Waals surface area contributed by atoms with Crippen LogP contribution in [0.25, 0.3) is 0 Å². The molecule has 1 saturated carbocycles. The molecule has 2 amide bonds. The SMILES string of the molecule is O=C1C2CC2C(=O)N1c1ccc(Br)c(F)c1. The van der Waals surface area contributed by atoms with Crippen LogP contribution in [-0.2, 0) is 9.59 Å². The van der Waals surface area contributed by atoms with Crippen molar-refractivity contribution in [2.75, 3.05) is 4.90 Å². The van der Waals surface area contributed by atoms with E-state index in [1.807, 2.05) is 0 Å². The lowest BCUT2D eigenvalue weighted by Crippen LogP contribution is -2.32. The molecule has 3 rings (SSSR count). The average Bonchev–Trinajstić information content (AvgIpc) is 2.98. The van der Waals surface area contributed by atoms with Crippen molar-refractivity contribution in [3.05, 3.63) is 28.5 Å². The average molecular weight is 284 g/mol. The minimum Gasteiger partial charge on any atom is -0.274 e. The van der Waals surface area contributed by atoms with Gasteiger partial charge in [-0.1, -0.05) is 0 Å². The molecule has 1 aromatic rings. The Morgan fingerprint density at radius 2 is 1.88 bits per heavy atom. The fourth-order valence-electron chi connectivity index (χ4n) is 2.06. The van der Waals surface area contributed by atoms with Gasteiger partial charge in [-0.2, -0.15) is 0 Å². The largest absolute Gasteiger partial charge is 0.274 e. The number of rotatable bonds is 1. The van der Waals surface area contributed by atoms with Crippen molar-refractivity contribution in [1.82, 2.24) is 0 Å². The number of benzene rings is 1. The van der Waals surface area contributed by atoms with Crippen LogP contribution in [0, 0.1) is 17.7 Å². The van der Waals surface area contributed by atoms with Gasteiger partial charge in [0.15, 0.2) is 0 Å². The number of hydrogen-bond donors (Lipinski definition) is 0. The molecule has 2 unspecified atom stereocenters. The normalized spacial score (nSPS) is 27.2. The van der Waals surface area contributed by atoms with Crippen LogP contribution in [0.2, 0.25) is 0 Å². The van der Waals surface area contributed by atoms with Crippen molar-refractivity contribution in [2.24, 2.45) is 11.8 Å². The zero-order valence-electron chi connectivity index (χ0n) is 8.11. The van der Waals surface area contributed by atoms with Gasteiger partial charge in [-0.3, -0.25) is 9.59 Å². The summed E-state index contributed by atoms with van der Waals surface area (Å²) in [5.41, 5.74) is 0.322. The molecule has 1 aromatic carbocycles. The van der Waals surface area contributed by atoms with Gasteiger partial charge in [0.1, 0.15) is 5.82 Å². The molecule has 3 nitrogen and oxygen atoms in total. The van der Waals surface area contributed by atoms with Crippen LogP contribution >= 0.6 is 15.9 Å². The highest BCUT2D eigenvalue weighted by atomic mass is 79.9. The molecule has 0 bridgehead atoms. The molecule has 5 heteroatoms. The predicted molar refractivity (Wildman–Crippen MR) is 58.2 cm³/mol. The number of carbonyl (C=O) groups excluding carboxylic acids is 2. The van der Waals surface area contributed by atoms with Gasteiger partial charge < -0.3 is 0 Å². The van der Waals surface area contributed by atoms with E-state index in [0.717, 1.165) is 4.90 Å². The maximum Gasteiger partial charge on any atom is 0.237 e. The van der Waals surface area contributed by atoms with E-state index >= 15 is 0 Å². The third kappa shape index (κ3) is 1.24. The van der Waals surface area contributed by atoms with E-state index in [-0.39, 0.29) is 23.7 Å². The second-order valence-electron chi connectivity index (χ2n) is 4.06. The number of amides is 2. The first-order chi connectivity index (χ1) is 7.59. The molecule has 0 N–H and O–H groups in total. The number of imide groups is 1. The number of hydrogen-bond acceptors (Lipinski definition) is 2. The van der Waals surface area contributed by atoms with E-state index in [1.54, 1.807) is 6.07 Å². The van der Waals surface area contributed by atoms with Gasteiger partial charge in [-0.15, -0.1) is 0 Å². The van der Waals surface area contributed by atoms with Crippen molar-refractivity contribution < 1.29 is 14.0 Å². The molecule has 2 atom stereocenters. The Bertz CT molecular complexity index is 497. The number of anilines is 1. The van der Waals surface area contributed by atoms with Crippen LogP contribution in [-0.4, -0.2) is 11.8 Å². The van der Waals surface area contributed by atoms with E-state index in [0.29, 0.717) is 16.6 Å². The van der Waals surface area contributed by atoms with Gasteiger partial charge >= 0.3 is 0 Å². The zero-order valence-corrected chi connectivity index (χ0v) is 9.70. The van der Waals surface area contributed by atoms with Crippen LogP contribution in [0.4, 0.5) is 10.1 Å². The Morgan fingerprint density at radius 3 is 2.44 bits per heavy atom. The third-order valence-electron chi connectivity index (χ3n) is 3.03. The fraction of sp³-hybridized carbons (Fsp3) is 0.273. The van der Waals surface area contributed by atoms with Crippen LogP contribution < -0.4 is 4.90 Å². The fourth-order valence-corrected chi connectivity index (χ4v) is 2.31. The summed E-state index contributed by atoms with van der Waals surface area (Å²) in [4.78, 5) is 24.5. The van der Waals surface area contributed by atoms with Crippen LogP contribution in [0.3, 0.4) is 0 Å². The summed E-state index contributed by atoms with van der Waals surface area (Å²) < 4.78 is 13.6. The number of halogens is 2. The lowest BCUT2D eigenvalue weighted by molar-refractivity contribution is -0.123. The second-order valence-corrected chi connectivity index (χ2v) is 4.91. The number of piperidine rings is 1. The molecule has 1 aliphatic carbocycles. The van der Waals surface area contributed by atoms with Crippen molar-refractivity contribution in [3.8, 4) is 0 Å². The summed E-state index contributed by atoms with van der Waals surface area (Å²) in [6, 6.07) is 4.26. The molecule has 82 valence electrons. The minimum absolute atomic E-state index is 0.154. The molecule has 2 aliphatic rings. The van der Waals surface area contributed by atoms with Crippen molar-refractivity contribution in [1.29, 1.82) is 0 Å². The Hall–Kier alpha value is -1.23. The summed E-state index contributed by atoms with van der Waals surface area (Å²) in [7, 11) is 0. The highest BCUT2D eigenvalue weighted by molar-refractivity contribution is 9.10. The van der Waals surface area contributed by atoms with E-state index in [9.17, 15) is 14.0 Å². The van der Waals surface area contributed by atoms with Crippen LogP contribution in [0.15, 0.2) is 22.7 Å². The molecule has 1 heterocycles. The first-order valence-electron chi connectivity index (χ1n) is 4.92. The Balaban J connectivity index is 2.01. The number of fused-ring (bicyclic) bond motifs is 1. The van der Waals surface area contributed by atoms with Gasteiger partial charge in [0.2, 0.25) is 11.8 Å². The van der Waals surface area contributed by atoms with E-state index < -0.39 is 5.82 Å². The van der Waals surface area contributed by atoms with Gasteiger partial charge in [0, 0.05) is 0 Å². The highest BCUT2D eigenvalue weighted by Gasteiger charge is 2.59. The first kappa shape index (κ1) is 9.96. The van der Waals surface area contributed by atoms with E-state index in [4.69, 9.17) is 0 Å². The number of nitrogens with zero attached hydrogens (tertiary/aromatic N) is 1. The van der Waals surface area contributed by atoms with E-state index in [1.165, 1.54) is 12.1 Å². The Morgan fingerprint density at radius 1 is 1.25 bits per heavy atom. The summed E-state index contributed by atoms with van der Waals surface area (Å²) in [5, 5.41) is 0. The van der Waals surface area contributed by atoms with Crippen molar-refractivity contribution in [3.63, 3.8) is 0 Å². The van der Waals surface area contributed by atoms with Crippen molar-refractivity contribution in [2.45, 2.75) is 6.42 Å². The zero-order chi connectivity index (χ0) is 11.4. The molecule has 0 radical (unpaired) electrons. The highest BCUT2D eigenvalue weighted by Crippen LogP contribution is 2.48. The molecule has 0 spiro atoms. The molecule has 2 fully saturated rings. The van der Waals surface area contributed by atoms with Crippen molar-refractivity contribution >= 4 is 33.4 Å². The minimum atomic E-state index is -0.473. The first-order valence-corrected chi connectivity index (χ1v) is 5.72. The van der Waals surface area contributed by atoms with E-state index in [2.05, 4.69) is 15.9 Å². The summed E-state index contributed by atoms with van der Waals surface area (Å²) in [6.07, 6.45) is 0.660. The van der Waals surface area contributed by atoms with Gasteiger partial charge in [-0.25, -0.2) is 9.29 Å². The molecule has 1 aliphatic heterocycles. The maximum atomic E-state index is 13.3. The smallest absolute Gasteiger partial charge is 0.237 e. The predicted octanol–water partition coefficient (Wildman–Crippen LogP) is 2.10. The summed E-state index contributed by atoms with van der Waals surface area (Å²) >= 11 is 3.03. The lowest BCUT2D eigenvalue weighted by atomic mass is 10.2. The monoisotopic (exact) mass is 283 g/mol. The standard InChI is InChI=1S/C11H7BrFNO2/c12-8-2-1-5(3-9(8)13)14-10(15)6-4-7(6)11(14)16/h1-3,6-7H,4H2. The number of carbonyl (C=O) groups is 2. The Labute approximate surface area is 99.4 Å². The van der Waals surface area contributed by atoms with Crippen LogP contribution in [0.5, 0.6) is 0 Å². The second kappa shape index (κ2) is 3.13. The van der Waals surface area contributed by atoms with Gasteiger partial charge in [0.25, 0.3) is 0 Å². The lowest BCUT2D eigenvalue weighted by Gasteiger charge is -2.16. The summed E-state index contributed by atoms with van der Waals surface area (Å²) in [6.45, 7) is 0. The van der Waals surface area contributed by atoms with Crippen LogP contribution in [0.1, 0.15) is 6.42 Å². The topological polar surface area (TPSA) is 37.4 Å². The maximum absolute atomic E-state index is 13.3. The molecule has 1 saturated heterocycles. The van der Waals surface area contributed by atoms with Gasteiger partial charge in [-0.05, 0) is 40.5 Å². The van der Waals surface area contributed by atoms with Gasteiger partial charge in [0.05, 0.1) is 22.0 Å².